The van der Waals surface area contributed by atoms with Crippen LogP contribution in [0.15, 0.2) is 104 Å². The molecule has 6 rings (SSSR count). The molecule has 1 unspecified atom stereocenters. The fourth-order valence-corrected chi connectivity index (χ4v) is 4.99. The third-order valence-electron chi connectivity index (χ3n) is 6.99. The number of carbonyl (C=O) groups excluding carboxylic acids is 1. The number of amides is 1. The molecule has 6 aromatic rings. The van der Waals surface area contributed by atoms with Crippen LogP contribution < -0.4 is 4.73 Å². The number of hydrogen-bond acceptors (Lipinski definition) is 7. The monoisotopic (exact) mass is 595 g/mol. The van der Waals surface area contributed by atoms with Gasteiger partial charge in [-0.15, -0.1) is 5.10 Å². The van der Waals surface area contributed by atoms with Gasteiger partial charge in [0.05, 0.1) is 34.6 Å². The Balaban J connectivity index is 1.41. The number of nitrogens with zero attached hydrogens (tertiary/aromatic N) is 9. The molecule has 1 amide bonds. The maximum atomic E-state index is 15.4. The first-order valence-electron chi connectivity index (χ1n) is 13.1. The van der Waals surface area contributed by atoms with E-state index in [0.717, 1.165) is 11.1 Å². The van der Waals surface area contributed by atoms with Crippen molar-refractivity contribution in [3.05, 3.63) is 131 Å². The van der Waals surface area contributed by atoms with Crippen molar-refractivity contribution < 1.29 is 13.9 Å². The van der Waals surface area contributed by atoms with Gasteiger partial charge in [-0.05, 0) is 58.5 Å². The summed E-state index contributed by atoms with van der Waals surface area (Å²) in [4.78, 5) is 18.8. The zero-order valence-corrected chi connectivity index (χ0v) is 23.5. The Morgan fingerprint density at radius 2 is 1.84 bits per heavy atom. The summed E-state index contributed by atoms with van der Waals surface area (Å²) in [6, 6.07) is 18.0. The number of hydrogen-bond donors (Lipinski definition) is 0. The number of carbonyl (C=O) groups is 1. The van der Waals surface area contributed by atoms with Gasteiger partial charge in [-0.1, -0.05) is 29.8 Å². The van der Waals surface area contributed by atoms with Crippen LogP contribution in [-0.2, 0) is 0 Å². The number of pyridine rings is 2. The highest BCUT2D eigenvalue weighted by Crippen LogP contribution is 2.33. The van der Waals surface area contributed by atoms with Crippen LogP contribution in [0.3, 0.4) is 0 Å². The zero-order chi connectivity index (χ0) is 29.9. The molecule has 0 aliphatic carbocycles. The smallest absolute Gasteiger partial charge is 0.253 e. The van der Waals surface area contributed by atoms with Gasteiger partial charge in [0.2, 0.25) is 5.69 Å². The second-order valence-electron chi connectivity index (χ2n) is 9.69. The van der Waals surface area contributed by atoms with Crippen LogP contribution >= 0.6 is 11.6 Å². The highest BCUT2D eigenvalue weighted by atomic mass is 35.5. The number of halogens is 2. The lowest BCUT2D eigenvalue weighted by Crippen LogP contribution is -2.41. The molecular weight excluding hydrogens is 573 g/mol. The highest BCUT2D eigenvalue weighted by molar-refractivity contribution is 6.31. The Hall–Kier alpha value is -5.49. The molecule has 4 aromatic heterocycles. The Morgan fingerprint density at radius 1 is 1.05 bits per heavy atom. The Morgan fingerprint density at radius 3 is 2.56 bits per heavy atom. The topological polar surface area (TPSA) is 122 Å². The van der Waals surface area contributed by atoms with E-state index < -0.39 is 11.9 Å². The van der Waals surface area contributed by atoms with Crippen molar-refractivity contribution in [2.75, 3.05) is 13.6 Å². The summed E-state index contributed by atoms with van der Waals surface area (Å²) < 4.78 is 19.0. The third kappa shape index (κ3) is 5.55. The van der Waals surface area contributed by atoms with Crippen LogP contribution in [0.4, 0.5) is 4.39 Å². The quantitative estimate of drug-likeness (QED) is 0.189. The SMILES string of the molecule is CN(CC(c1ccc(-c2c(-n3cnnn3)ccc(Cl)c2F)c[n+]1[O-])n1cc(-c2ccncc2)cn1)C(=O)c1ccccc1. The second-order valence-corrected chi connectivity index (χ2v) is 10.1. The van der Waals surface area contributed by atoms with E-state index in [9.17, 15) is 10.0 Å². The van der Waals surface area contributed by atoms with Crippen molar-refractivity contribution in [1.82, 2.24) is 39.9 Å². The number of tetrazole rings is 1. The molecule has 0 radical (unpaired) electrons. The summed E-state index contributed by atoms with van der Waals surface area (Å²) in [6.07, 6.45) is 9.43. The first-order chi connectivity index (χ1) is 20.9. The van der Waals surface area contributed by atoms with E-state index in [2.05, 4.69) is 25.6 Å². The minimum atomic E-state index is -0.721. The molecule has 4 heterocycles. The molecule has 0 bridgehead atoms. The molecule has 0 saturated heterocycles. The van der Waals surface area contributed by atoms with E-state index in [4.69, 9.17) is 11.6 Å². The van der Waals surface area contributed by atoms with Gasteiger partial charge in [-0.2, -0.15) is 14.5 Å². The van der Waals surface area contributed by atoms with Gasteiger partial charge in [0.1, 0.15) is 6.33 Å². The summed E-state index contributed by atoms with van der Waals surface area (Å²) in [6.45, 7) is 0.119. The number of aromatic nitrogens is 8. The average Bonchev–Trinajstić information content (AvgIpc) is 3.75. The first kappa shape index (κ1) is 27.7. The lowest BCUT2D eigenvalue weighted by Gasteiger charge is -2.24. The predicted molar refractivity (Wildman–Crippen MR) is 156 cm³/mol. The van der Waals surface area contributed by atoms with E-state index in [0.29, 0.717) is 16.0 Å². The maximum absolute atomic E-state index is 15.4. The van der Waals surface area contributed by atoms with Crippen LogP contribution in [0, 0.1) is 11.0 Å². The molecule has 13 heteroatoms. The molecule has 214 valence electrons. The van der Waals surface area contributed by atoms with Gasteiger partial charge in [-0.3, -0.25) is 14.5 Å². The largest absolute Gasteiger partial charge is 0.618 e. The molecule has 0 fully saturated rings. The minimum Gasteiger partial charge on any atom is -0.618 e. The standard InChI is InChI=1S/C30H23ClFN9O2/c1-38(30(42)21-5-3-2-4-6-21)18-27(39-16-23(15-35-39)20-11-13-33-14-12-20)25-9-7-22(17-41(25)43)28-26(40-19-34-36-37-40)10-8-24(31)29(28)32/h2-17,19,27H,18H2,1H3. The molecule has 1 atom stereocenters. The van der Waals surface area contributed by atoms with Gasteiger partial charge in [0.25, 0.3) is 5.91 Å². The van der Waals surface area contributed by atoms with Crippen molar-refractivity contribution in [3.63, 3.8) is 0 Å². The van der Waals surface area contributed by atoms with E-state index in [1.54, 1.807) is 79.0 Å². The van der Waals surface area contributed by atoms with Gasteiger partial charge >= 0.3 is 0 Å². The van der Waals surface area contributed by atoms with Crippen molar-refractivity contribution >= 4 is 17.5 Å². The summed E-state index contributed by atoms with van der Waals surface area (Å²) in [5.41, 5.74) is 3.12. The third-order valence-corrected chi connectivity index (χ3v) is 7.28. The van der Waals surface area contributed by atoms with Crippen molar-refractivity contribution in [2.45, 2.75) is 6.04 Å². The Bertz CT molecular complexity index is 1880. The van der Waals surface area contributed by atoms with Crippen LogP contribution in [0.5, 0.6) is 0 Å². The van der Waals surface area contributed by atoms with Gasteiger partial charge in [0, 0.05) is 42.8 Å². The second kappa shape index (κ2) is 11.8. The van der Waals surface area contributed by atoms with Crippen LogP contribution in [0.2, 0.25) is 5.02 Å². The Labute approximate surface area is 250 Å². The van der Waals surface area contributed by atoms with Crippen LogP contribution in [0.1, 0.15) is 22.1 Å². The fraction of sp³-hybridized carbons (Fsp3) is 0.100. The molecule has 0 aliphatic rings. The minimum absolute atomic E-state index is 0.0583. The molecule has 0 saturated carbocycles. The summed E-state index contributed by atoms with van der Waals surface area (Å²) >= 11 is 6.12. The van der Waals surface area contributed by atoms with Gasteiger partial charge in [-0.25, -0.2) is 4.39 Å². The number of benzene rings is 2. The molecule has 11 nitrogen and oxygen atoms in total. The zero-order valence-electron chi connectivity index (χ0n) is 22.7. The van der Waals surface area contributed by atoms with Crippen molar-refractivity contribution in [3.8, 4) is 27.9 Å². The molecular formula is C30H23ClFN9O2. The normalized spacial score (nSPS) is 11.8. The number of likely N-dealkylation sites (N-methyl/N-ethyl adjacent to an activating group) is 1. The van der Waals surface area contributed by atoms with E-state index in [1.165, 1.54) is 28.2 Å². The van der Waals surface area contributed by atoms with Crippen molar-refractivity contribution in [2.24, 2.45) is 0 Å². The van der Waals surface area contributed by atoms with Gasteiger partial charge < -0.3 is 10.1 Å². The van der Waals surface area contributed by atoms with Crippen molar-refractivity contribution in [1.29, 1.82) is 0 Å². The first-order valence-corrected chi connectivity index (χ1v) is 13.5. The molecule has 43 heavy (non-hydrogen) atoms. The summed E-state index contributed by atoms with van der Waals surface area (Å²) in [7, 11) is 1.67. The lowest BCUT2D eigenvalue weighted by molar-refractivity contribution is -0.615. The lowest BCUT2D eigenvalue weighted by atomic mass is 10.0. The summed E-state index contributed by atoms with van der Waals surface area (Å²) in [5, 5.41) is 29.2. The molecule has 0 spiro atoms. The van der Waals surface area contributed by atoms with Crippen LogP contribution in [0.25, 0.3) is 27.9 Å². The molecule has 2 aromatic carbocycles. The van der Waals surface area contributed by atoms with Gasteiger partial charge in [0.15, 0.2) is 18.1 Å². The van der Waals surface area contributed by atoms with E-state index in [-0.39, 0.29) is 34.3 Å². The average molecular weight is 596 g/mol. The summed E-state index contributed by atoms with van der Waals surface area (Å²) in [5.74, 6) is -0.936. The van der Waals surface area contributed by atoms with E-state index in [1.807, 2.05) is 18.2 Å². The maximum Gasteiger partial charge on any atom is 0.253 e. The van der Waals surface area contributed by atoms with Crippen LogP contribution in [-0.4, -0.2) is 59.4 Å². The number of rotatable bonds is 8. The fourth-order valence-electron chi connectivity index (χ4n) is 4.83. The highest BCUT2D eigenvalue weighted by Gasteiger charge is 2.28. The van der Waals surface area contributed by atoms with E-state index >= 15 is 4.39 Å². The Kier molecular flexibility index (Phi) is 7.58. The predicted octanol–water partition coefficient (Wildman–Crippen LogP) is 4.38. The molecule has 0 N–H and O–H groups in total. The molecule has 0 aliphatic heterocycles.